The third-order valence-corrected chi connectivity index (χ3v) is 5.70. The van der Waals surface area contributed by atoms with Crippen LogP contribution < -0.4 is 5.32 Å². The Balaban J connectivity index is 1.50. The van der Waals surface area contributed by atoms with E-state index in [1.165, 1.54) is 11.1 Å². The Morgan fingerprint density at radius 1 is 1.03 bits per heavy atom. The van der Waals surface area contributed by atoms with Gasteiger partial charge >= 0.3 is 0 Å². The number of hydrogen-bond acceptors (Lipinski definition) is 2. The van der Waals surface area contributed by atoms with Crippen LogP contribution in [0.1, 0.15) is 60.7 Å². The van der Waals surface area contributed by atoms with Crippen molar-refractivity contribution in [3.63, 3.8) is 0 Å². The van der Waals surface area contributed by atoms with Gasteiger partial charge in [-0.15, -0.1) is 0 Å². The SMILES string of the molecule is Cc1cccc(CNC(=O)C2CCN(C(=O)c3ccc(C(C)(C)C)cc3)CC2)c1. The molecule has 0 spiro atoms. The number of amides is 2. The van der Waals surface area contributed by atoms with Gasteiger partial charge in [0.2, 0.25) is 5.91 Å². The van der Waals surface area contributed by atoms with Crippen LogP contribution in [0.5, 0.6) is 0 Å². The van der Waals surface area contributed by atoms with E-state index in [-0.39, 0.29) is 23.1 Å². The molecule has 2 aromatic rings. The average molecular weight is 393 g/mol. The molecule has 1 aliphatic rings. The predicted octanol–water partition coefficient (Wildman–Crippen LogP) is 4.46. The number of nitrogens with one attached hydrogen (secondary N) is 1. The van der Waals surface area contributed by atoms with Crippen molar-refractivity contribution in [1.29, 1.82) is 0 Å². The van der Waals surface area contributed by atoms with Crippen molar-refractivity contribution in [2.24, 2.45) is 5.92 Å². The van der Waals surface area contributed by atoms with Crippen LogP contribution in [0.4, 0.5) is 0 Å². The lowest BCUT2D eigenvalue weighted by atomic mass is 9.86. The number of piperidine rings is 1. The van der Waals surface area contributed by atoms with Crippen LogP contribution in [0.25, 0.3) is 0 Å². The molecule has 0 radical (unpaired) electrons. The van der Waals surface area contributed by atoms with Crippen LogP contribution in [0.3, 0.4) is 0 Å². The molecule has 0 bridgehead atoms. The summed E-state index contributed by atoms with van der Waals surface area (Å²) >= 11 is 0. The fourth-order valence-electron chi connectivity index (χ4n) is 3.80. The van der Waals surface area contributed by atoms with Gasteiger partial charge in [-0.1, -0.05) is 62.7 Å². The summed E-state index contributed by atoms with van der Waals surface area (Å²) in [6.45, 7) is 10.4. The molecular formula is C25H32N2O2. The summed E-state index contributed by atoms with van der Waals surface area (Å²) in [5.74, 6) is 0.129. The number of nitrogens with zero attached hydrogens (tertiary/aromatic N) is 1. The maximum Gasteiger partial charge on any atom is 0.253 e. The van der Waals surface area contributed by atoms with Gasteiger partial charge in [0.05, 0.1) is 0 Å². The highest BCUT2D eigenvalue weighted by atomic mass is 16.2. The van der Waals surface area contributed by atoms with Crippen LogP contribution in [-0.4, -0.2) is 29.8 Å². The van der Waals surface area contributed by atoms with Gasteiger partial charge in [-0.2, -0.15) is 0 Å². The van der Waals surface area contributed by atoms with Crippen LogP contribution >= 0.6 is 0 Å². The van der Waals surface area contributed by atoms with Crippen LogP contribution in [-0.2, 0) is 16.8 Å². The van der Waals surface area contributed by atoms with Crippen LogP contribution in [0, 0.1) is 12.8 Å². The third-order valence-electron chi connectivity index (χ3n) is 5.70. The smallest absolute Gasteiger partial charge is 0.253 e. The van der Waals surface area contributed by atoms with E-state index >= 15 is 0 Å². The average Bonchev–Trinajstić information content (AvgIpc) is 2.71. The van der Waals surface area contributed by atoms with Crippen molar-refractivity contribution in [2.75, 3.05) is 13.1 Å². The number of benzene rings is 2. The fraction of sp³-hybridized carbons (Fsp3) is 0.440. The highest BCUT2D eigenvalue weighted by molar-refractivity contribution is 5.94. The van der Waals surface area contributed by atoms with Gasteiger partial charge < -0.3 is 10.2 Å². The van der Waals surface area contributed by atoms with E-state index in [1.807, 2.05) is 41.3 Å². The Labute approximate surface area is 174 Å². The quantitative estimate of drug-likeness (QED) is 0.835. The van der Waals surface area contributed by atoms with Gasteiger partial charge in [0.1, 0.15) is 0 Å². The lowest BCUT2D eigenvalue weighted by molar-refractivity contribution is -0.126. The minimum atomic E-state index is -0.0212. The highest BCUT2D eigenvalue weighted by Crippen LogP contribution is 2.24. The molecule has 0 aromatic heterocycles. The van der Waals surface area contributed by atoms with E-state index in [9.17, 15) is 9.59 Å². The van der Waals surface area contributed by atoms with Crippen molar-refractivity contribution in [1.82, 2.24) is 10.2 Å². The molecule has 1 N–H and O–H groups in total. The summed E-state index contributed by atoms with van der Waals surface area (Å²) < 4.78 is 0. The number of carbonyl (C=O) groups is 2. The summed E-state index contributed by atoms with van der Waals surface area (Å²) in [7, 11) is 0. The lowest BCUT2D eigenvalue weighted by Crippen LogP contribution is -2.42. The molecule has 1 heterocycles. The summed E-state index contributed by atoms with van der Waals surface area (Å²) in [6.07, 6.45) is 1.43. The van der Waals surface area contributed by atoms with Gasteiger partial charge in [0.25, 0.3) is 5.91 Å². The van der Waals surface area contributed by atoms with Gasteiger partial charge in [0.15, 0.2) is 0 Å². The molecule has 1 fully saturated rings. The van der Waals surface area contributed by atoms with Gasteiger partial charge in [-0.25, -0.2) is 0 Å². The minimum Gasteiger partial charge on any atom is -0.352 e. The Morgan fingerprint density at radius 3 is 2.28 bits per heavy atom. The summed E-state index contributed by atoms with van der Waals surface area (Å²) in [5, 5.41) is 3.05. The number of rotatable bonds is 4. The molecule has 1 saturated heterocycles. The Morgan fingerprint density at radius 2 is 1.69 bits per heavy atom. The van der Waals surface area contributed by atoms with E-state index in [0.717, 1.165) is 11.1 Å². The maximum atomic E-state index is 12.8. The molecule has 0 saturated carbocycles. The lowest BCUT2D eigenvalue weighted by Gasteiger charge is -2.31. The largest absolute Gasteiger partial charge is 0.352 e. The van der Waals surface area contributed by atoms with Crippen LogP contribution in [0.2, 0.25) is 0 Å². The Bertz CT molecular complexity index is 857. The molecule has 2 amide bonds. The van der Waals surface area contributed by atoms with Crippen molar-refractivity contribution < 1.29 is 9.59 Å². The Hall–Kier alpha value is -2.62. The molecule has 2 aromatic carbocycles. The van der Waals surface area contributed by atoms with Crippen molar-refractivity contribution in [2.45, 2.75) is 52.5 Å². The molecular weight excluding hydrogens is 360 g/mol. The third kappa shape index (κ3) is 5.47. The zero-order valence-electron chi connectivity index (χ0n) is 18.0. The van der Waals surface area contributed by atoms with Crippen LogP contribution in [0.15, 0.2) is 48.5 Å². The summed E-state index contributed by atoms with van der Waals surface area (Å²) in [4.78, 5) is 27.2. The monoisotopic (exact) mass is 392 g/mol. The molecule has 0 atom stereocenters. The second-order valence-corrected chi connectivity index (χ2v) is 9.10. The molecule has 1 aliphatic heterocycles. The van der Waals surface area contributed by atoms with Crippen molar-refractivity contribution >= 4 is 11.8 Å². The zero-order valence-corrected chi connectivity index (χ0v) is 18.0. The standard InChI is InChI=1S/C25H32N2O2/c1-18-6-5-7-19(16-18)17-26-23(28)20-12-14-27(15-13-20)24(29)21-8-10-22(11-9-21)25(2,3)4/h5-11,16,20H,12-15,17H2,1-4H3,(H,26,28). The predicted molar refractivity (Wildman–Crippen MR) is 117 cm³/mol. The molecule has 4 heteroatoms. The first-order chi connectivity index (χ1) is 13.7. The number of likely N-dealkylation sites (tertiary alicyclic amines) is 1. The van der Waals surface area contributed by atoms with E-state index < -0.39 is 0 Å². The molecule has 0 aliphatic carbocycles. The molecule has 29 heavy (non-hydrogen) atoms. The first kappa shape index (κ1) is 21.1. The van der Waals surface area contributed by atoms with E-state index in [2.05, 4.69) is 45.1 Å². The summed E-state index contributed by atoms with van der Waals surface area (Å²) in [5.41, 5.74) is 4.33. The first-order valence-electron chi connectivity index (χ1n) is 10.5. The summed E-state index contributed by atoms with van der Waals surface area (Å²) in [6, 6.07) is 16.1. The van der Waals surface area contributed by atoms with Gasteiger partial charge in [-0.05, 0) is 48.4 Å². The topological polar surface area (TPSA) is 49.4 Å². The van der Waals surface area contributed by atoms with Crippen molar-refractivity contribution in [3.05, 3.63) is 70.8 Å². The van der Waals surface area contributed by atoms with Gasteiger partial charge in [-0.3, -0.25) is 9.59 Å². The fourth-order valence-corrected chi connectivity index (χ4v) is 3.80. The van der Waals surface area contributed by atoms with E-state index in [4.69, 9.17) is 0 Å². The molecule has 4 nitrogen and oxygen atoms in total. The van der Waals surface area contributed by atoms with E-state index in [0.29, 0.717) is 32.5 Å². The normalized spacial score (nSPS) is 15.2. The van der Waals surface area contributed by atoms with Crippen molar-refractivity contribution in [3.8, 4) is 0 Å². The second-order valence-electron chi connectivity index (χ2n) is 9.10. The zero-order chi connectivity index (χ0) is 21.0. The van der Waals surface area contributed by atoms with E-state index in [1.54, 1.807) is 0 Å². The maximum absolute atomic E-state index is 12.8. The van der Waals surface area contributed by atoms with Gasteiger partial charge in [0, 0.05) is 31.1 Å². The number of hydrogen-bond donors (Lipinski definition) is 1. The number of carbonyl (C=O) groups excluding carboxylic acids is 2. The molecule has 154 valence electrons. The second kappa shape index (κ2) is 8.81. The Kier molecular flexibility index (Phi) is 6.41. The molecule has 0 unspecified atom stereocenters. The number of aryl methyl sites for hydroxylation is 1. The first-order valence-corrected chi connectivity index (χ1v) is 10.5. The highest BCUT2D eigenvalue weighted by Gasteiger charge is 2.28. The minimum absolute atomic E-state index is 0.0212. The molecule has 3 rings (SSSR count).